The fourth-order valence-electron chi connectivity index (χ4n) is 1.44. The Balaban J connectivity index is 2.85. The van der Waals surface area contributed by atoms with Crippen LogP contribution >= 0.6 is 11.6 Å². The first-order valence-corrected chi connectivity index (χ1v) is 5.49. The fraction of sp³-hybridized carbons (Fsp3) is 0.417. The molecule has 86 valence electrons. The molecule has 1 atom stereocenters. The van der Waals surface area contributed by atoms with Gasteiger partial charge in [-0.25, -0.2) is 0 Å². The molecule has 0 radical (unpaired) electrons. The van der Waals surface area contributed by atoms with E-state index in [9.17, 15) is 5.11 Å². The molecule has 4 heteroatoms. The van der Waals surface area contributed by atoms with Crippen LogP contribution in [-0.2, 0) is 0 Å². The van der Waals surface area contributed by atoms with Crippen LogP contribution in [0.5, 0.6) is 0 Å². The molecule has 0 spiro atoms. The van der Waals surface area contributed by atoms with Crippen LogP contribution in [0.2, 0.25) is 5.02 Å². The molecule has 0 aliphatic carbocycles. The zero-order valence-corrected chi connectivity index (χ0v) is 10.2. The molecule has 0 saturated carbocycles. The third kappa shape index (κ3) is 3.13. The fourth-order valence-corrected chi connectivity index (χ4v) is 1.77. The van der Waals surface area contributed by atoms with Crippen molar-refractivity contribution in [3.05, 3.63) is 28.8 Å². The molecular formula is C12H15ClN2O. The molecule has 3 nitrogen and oxygen atoms in total. The summed E-state index contributed by atoms with van der Waals surface area (Å²) >= 11 is 6.05. The number of nitrogens with zero attached hydrogens (tertiary/aromatic N) is 2. The quantitative estimate of drug-likeness (QED) is 0.878. The average Bonchev–Trinajstić information content (AvgIpc) is 2.25. The van der Waals surface area contributed by atoms with Crippen LogP contribution in [0.15, 0.2) is 18.2 Å². The summed E-state index contributed by atoms with van der Waals surface area (Å²) < 4.78 is 0. The second-order valence-corrected chi connectivity index (χ2v) is 4.12. The Morgan fingerprint density at radius 3 is 2.75 bits per heavy atom. The molecule has 0 heterocycles. The third-order valence-electron chi connectivity index (χ3n) is 2.43. The summed E-state index contributed by atoms with van der Waals surface area (Å²) in [6.07, 6.45) is -0.0855. The maximum Gasteiger partial charge on any atom is 0.0776 e. The Morgan fingerprint density at radius 2 is 2.25 bits per heavy atom. The normalized spacial score (nSPS) is 11.9. The zero-order valence-electron chi connectivity index (χ0n) is 9.44. The maximum atomic E-state index is 9.43. The minimum absolute atomic E-state index is 0.478. The molecule has 1 rings (SSSR count). The molecule has 0 aliphatic heterocycles. The minimum atomic E-state index is -0.564. The van der Waals surface area contributed by atoms with E-state index in [4.69, 9.17) is 16.9 Å². The van der Waals surface area contributed by atoms with Crippen LogP contribution in [0.25, 0.3) is 0 Å². The van der Waals surface area contributed by atoms with Crippen LogP contribution in [0.4, 0.5) is 5.69 Å². The van der Waals surface area contributed by atoms with E-state index in [2.05, 4.69) is 6.07 Å². The van der Waals surface area contributed by atoms with E-state index < -0.39 is 6.10 Å². The number of rotatable bonds is 4. The number of hydrogen-bond donors (Lipinski definition) is 1. The number of hydrogen-bond acceptors (Lipinski definition) is 3. The standard InChI is InChI=1S/C12H15ClN2O/c1-9(16)11-5-4-10(8-12(11)13)15(2)7-3-6-14/h4-5,8-9,16H,3,7H2,1-2H3. The van der Waals surface area contributed by atoms with Crippen LogP contribution in [0.1, 0.15) is 25.0 Å². The molecular weight excluding hydrogens is 224 g/mol. The highest BCUT2D eigenvalue weighted by atomic mass is 35.5. The molecule has 1 unspecified atom stereocenters. The summed E-state index contributed by atoms with van der Waals surface area (Å²) in [6.45, 7) is 2.35. The lowest BCUT2D eigenvalue weighted by Crippen LogP contribution is -2.18. The van der Waals surface area contributed by atoms with Gasteiger partial charge in [0.2, 0.25) is 0 Å². The van der Waals surface area contributed by atoms with Gasteiger partial charge in [0.05, 0.1) is 18.6 Å². The number of halogens is 1. The van der Waals surface area contributed by atoms with Crippen molar-refractivity contribution in [2.24, 2.45) is 0 Å². The van der Waals surface area contributed by atoms with Crippen LogP contribution < -0.4 is 4.90 Å². The van der Waals surface area contributed by atoms with Crippen molar-refractivity contribution in [2.75, 3.05) is 18.5 Å². The highest BCUT2D eigenvalue weighted by molar-refractivity contribution is 6.31. The minimum Gasteiger partial charge on any atom is -0.389 e. The predicted molar refractivity (Wildman–Crippen MR) is 65.6 cm³/mol. The zero-order chi connectivity index (χ0) is 12.1. The SMILES string of the molecule is CC(O)c1ccc(N(C)CCC#N)cc1Cl. The van der Waals surface area contributed by atoms with Crippen molar-refractivity contribution in [3.8, 4) is 6.07 Å². The smallest absolute Gasteiger partial charge is 0.0776 e. The molecule has 0 fully saturated rings. The summed E-state index contributed by atoms with van der Waals surface area (Å²) in [6, 6.07) is 7.61. The van der Waals surface area contributed by atoms with Crippen molar-refractivity contribution >= 4 is 17.3 Å². The first-order valence-electron chi connectivity index (χ1n) is 5.12. The summed E-state index contributed by atoms with van der Waals surface area (Å²) in [5, 5.41) is 18.5. The van der Waals surface area contributed by atoms with Gasteiger partial charge in [-0.3, -0.25) is 0 Å². The van der Waals surface area contributed by atoms with Gasteiger partial charge in [0.1, 0.15) is 0 Å². The van der Waals surface area contributed by atoms with E-state index in [1.54, 1.807) is 13.0 Å². The second kappa shape index (κ2) is 5.74. The van der Waals surface area contributed by atoms with Crippen LogP contribution in [0.3, 0.4) is 0 Å². The summed E-state index contributed by atoms with van der Waals surface area (Å²) in [7, 11) is 1.91. The summed E-state index contributed by atoms with van der Waals surface area (Å²) in [4.78, 5) is 1.96. The first kappa shape index (κ1) is 12.8. The lowest BCUT2D eigenvalue weighted by atomic mass is 10.1. The van der Waals surface area contributed by atoms with Gasteiger partial charge in [-0.2, -0.15) is 5.26 Å². The molecule has 1 aromatic rings. The van der Waals surface area contributed by atoms with Crippen LogP contribution in [0, 0.1) is 11.3 Å². The number of benzene rings is 1. The van der Waals surface area contributed by atoms with Crippen molar-refractivity contribution in [1.82, 2.24) is 0 Å². The first-order chi connectivity index (χ1) is 7.56. The van der Waals surface area contributed by atoms with Gasteiger partial charge in [-0.05, 0) is 24.6 Å². The molecule has 16 heavy (non-hydrogen) atoms. The summed E-state index contributed by atoms with van der Waals surface area (Å²) in [5.74, 6) is 0. The Hall–Kier alpha value is -1.24. The van der Waals surface area contributed by atoms with Crippen LogP contribution in [-0.4, -0.2) is 18.7 Å². The van der Waals surface area contributed by atoms with E-state index in [0.717, 1.165) is 11.3 Å². The second-order valence-electron chi connectivity index (χ2n) is 3.71. The van der Waals surface area contributed by atoms with Gasteiger partial charge < -0.3 is 10.0 Å². The van der Waals surface area contributed by atoms with Gasteiger partial charge >= 0.3 is 0 Å². The molecule has 1 N–H and O–H groups in total. The third-order valence-corrected chi connectivity index (χ3v) is 2.76. The molecule has 0 bridgehead atoms. The van der Waals surface area contributed by atoms with E-state index in [-0.39, 0.29) is 0 Å². The van der Waals surface area contributed by atoms with Crippen molar-refractivity contribution in [1.29, 1.82) is 5.26 Å². The molecule has 1 aromatic carbocycles. The van der Waals surface area contributed by atoms with E-state index in [1.165, 1.54) is 0 Å². The maximum absolute atomic E-state index is 9.43. The molecule has 0 saturated heterocycles. The van der Waals surface area contributed by atoms with Gasteiger partial charge in [0.15, 0.2) is 0 Å². The predicted octanol–water partition coefficient (Wildman–Crippen LogP) is 2.74. The highest BCUT2D eigenvalue weighted by Crippen LogP contribution is 2.27. The Labute approximate surface area is 101 Å². The Kier molecular flexibility index (Phi) is 4.60. The van der Waals surface area contributed by atoms with Crippen molar-refractivity contribution in [2.45, 2.75) is 19.4 Å². The van der Waals surface area contributed by atoms with E-state index in [1.807, 2.05) is 24.1 Å². The van der Waals surface area contributed by atoms with Gasteiger partial charge in [-0.15, -0.1) is 0 Å². The molecule has 0 aromatic heterocycles. The average molecular weight is 239 g/mol. The highest BCUT2D eigenvalue weighted by Gasteiger charge is 2.08. The van der Waals surface area contributed by atoms with E-state index >= 15 is 0 Å². The van der Waals surface area contributed by atoms with Gasteiger partial charge in [-0.1, -0.05) is 17.7 Å². The number of aliphatic hydroxyl groups is 1. The monoisotopic (exact) mass is 238 g/mol. The number of anilines is 1. The lowest BCUT2D eigenvalue weighted by Gasteiger charge is -2.19. The Bertz CT molecular complexity index is 398. The van der Waals surface area contributed by atoms with Crippen molar-refractivity contribution in [3.63, 3.8) is 0 Å². The van der Waals surface area contributed by atoms with Crippen molar-refractivity contribution < 1.29 is 5.11 Å². The Morgan fingerprint density at radius 1 is 1.56 bits per heavy atom. The topological polar surface area (TPSA) is 47.3 Å². The summed E-state index contributed by atoms with van der Waals surface area (Å²) in [5.41, 5.74) is 1.67. The lowest BCUT2D eigenvalue weighted by molar-refractivity contribution is 0.199. The van der Waals surface area contributed by atoms with Gasteiger partial charge in [0, 0.05) is 24.3 Å². The molecule has 0 aliphatic rings. The number of nitriles is 1. The van der Waals surface area contributed by atoms with E-state index in [0.29, 0.717) is 18.0 Å². The largest absolute Gasteiger partial charge is 0.389 e. The molecule has 0 amide bonds. The number of aliphatic hydroxyl groups excluding tert-OH is 1. The van der Waals surface area contributed by atoms with Gasteiger partial charge in [0.25, 0.3) is 0 Å².